The van der Waals surface area contributed by atoms with E-state index in [0.717, 1.165) is 12.0 Å². The van der Waals surface area contributed by atoms with E-state index in [1.807, 2.05) is 0 Å². The van der Waals surface area contributed by atoms with Crippen LogP contribution in [-0.4, -0.2) is 37.6 Å². The summed E-state index contributed by atoms with van der Waals surface area (Å²) in [6.07, 6.45) is 6.98. The predicted octanol–water partition coefficient (Wildman–Crippen LogP) is 2.50. The molecule has 0 aromatic carbocycles. The SMILES string of the molecule is CNC1CCC(C)(C)CC1CN1CCCC1. The summed E-state index contributed by atoms with van der Waals surface area (Å²) in [7, 11) is 2.14. The molecule has 0 aromatic rings. The van der Waals surface area contributed by atoms with Crippen molar-refractivity contribution in [3.8, 4) is 0 Å². The summed E-state index contributed by atoms with van der Waals surface area (Å²) in [5.74, 6) is 0.867. The molecular formula is C14H28N2. The monoisotopic (exact) mass is 224 g/mol. The third-order valence-electron chi connectivity index (χ3n) is 4.58. The lowest BCUT2D eigenvalue weighted by Gasteiger charge is -2.42. The van der Waals surface area contributed by atoms with Gasteiger partial charge in [0.15, 0.2) is 0 Å². The Balaban J connectivity index is 1.91. The highest BCUT2D eigenvalue weighted by molar-refractivity contribution is 4.90. The summed E-state index contributed by atoms with van der Waals surface area (Å²) in [5, 5.41) is 3.54. The Morgan fingerprint density at radius 1 is 1.25 bits per heavy atom. The molecule has 1 saturated heterocycles. The van der Waals surface area contributed by atoms with E-state index in [-0.39, 0.29) is 0 Å². The molecule has 0 radical (unpaired) electrons. The highest BCUT2D eigenvalue weighted by Crippen LogP contribution is 2.39. The molecule has 0 aromatic heterocycles. The van der Waals surface area contributed by atoms with Gasteiger partial charge >= 0.3 is 0 Å². The van der Waals surface area contributed by atoms with Crippen LogP contribution in [0.5, 0.6) is 0 Å². The highest BCUT2D eigenvalue weighted by Gasteiger charge is 2.35. The summed E-state index contributed by atoms with van der Waals surface area (Å²) < 4.78 is 0. The summed E-state index contributed by atoms with van der Waals surface area (Å²) in [4.78, 5) is 2.68. The summed E-state index contributed by atoms with van der Waals surface area (Å²) in [5.41, 5.74) is 0.567. The van der Waals surface area contributed by atoms with Crippen molar-refractivity contribution in [2.45, 2.75) is 52.0 Å². The Kier molecular flexibility index (Phi) is 3.91. The largest absolute Gasteiger partial charge is 0.317 e. The van der Waals surface area contributed by atoms with Gasteiger partial charge in [-0.15, -0.1) is 0 Å². The van der Waals surface area contributed by atoms with Gasteiger partial charge in [0.05, 0.1) is 0 Å². The molecule has 1 saturated carbocycles. The fraction of sp³-hybridized carbons (Fsp3) is 1.00. The minimum absolute atomic E-state index is 0.567. The van der Waals surface area contributed by atoms with Crippen molar-refractivity contribution in [2.75, 3.05) is 26.7 Å². The van der Waals surface area contributed by atoms with Crippen molar-refractivity contribution in [1.82, 2.24) is 10.2 Å². The lowest BCUT2D eigenvalue weighted by molar-refractivity contribution is 0.112. The number of hydrogen-bond acceptors (Lipinski definition) is 2. The Labute approximate surface area is 101 Å². The van der Waals surface area contributed by atoms with Crippen molar-refractivity contribution >= 4 is 0 Å². The first-order valence-corrected chi connectivity index (χ1v) is 7.00. The highest BCUT2D eigenvalue weighted by atomic mass is 15.1. The van der Waals surface area contributed by atoms with Gasteiger partial charge in [-0.1, -0.05) is 13.8 Å². The van der Waals surface area contributed by atoms with Crippen molar-refractivity contribution in [2.24, 2.45) is 11.3 Å². The van der Waals surface area contributed by atoms with Gasteiger partial charge in [0, 0.05) is 12.6 Å². The minimum atomic E-state index is 0.567. The zero-order chi connectivity index (χ0) is 11.6. The van der Waals surface area contributed by atoms with Gasteiger partial charge in [-0.05, 0) is 63.6 Å². The molecule has 0 amide bonds. The first kappa shape index (κ1) is 12.4. The molecule has 2 aliphatic rings. The molecule has 1 N–H and O–H groups in total. The van der Waals surface area contributed by atoms with Gasteiger partial charge < -0.3 is 10.2 Å². The second kappa shape index (κ2) is 5.05. The lowest BCUT2D eigenvalue weighted by Crippen LogP contribution is -2.46. The molecule has 94 valence electrons. The third-order valence-corrected chi connectivity index (χ3v) is 4.58. The molecule has 2 unspecified atom stereocenters. The Morgan fingerprint density at radius 2 is 1.94 bits per heavy atom. The van der Waals surface area contributed by atoms with Crippen LogP contribution in [0.1, 0.15) is 46.0 Å². The number of likely N-dealkylation sites (tertiary alicyclic amines) is 1. The third kappa shape index (κ3) is 2.98. The zero-order valence-corrected chi connectivity index (χ0v) is 11.3. The first-order valence-electron chi connectivity index (χ1n) is 7.00. The number of nitrogens with one attached hydrogen (secondary N) is 1. The van der Waals surface area contributed by atoms with Crippen molar-refractivity contribution in [3.05, 3.63) is 0 Å². The smallest absolute Gasteiger partial charge is 0.0105 e. The predicted molar refractivity (Wildman–Crippen MR) is 69.6 cm³/mol. The molecule has 16 heavy (non-hydrogen) atoms. The van der Waals surface area contributed by atoms with Gasteiger partial charge in [-0.25, -0.2) is 0 Å². The second-order valence-corrected chi connectivity index (χ2v) is 6.57. The quantitative estimate of drug-likeness (QED) is 0.792. The van der Waals surface area contributed by atoms with Crippen LogP contribution in [0.2, 0.25) is 0 Å². The van der Waals surface area contributed by atoms with Gasteiger partial charge in [0.2, 0.25) is 0 Å². The molecule has 2 heteroatoms. The van der Waals surface area contributed by atoms with Crippen molar-refractivity contribution in [1.29, 1.82) is 0 Å². The summed E-state index contributed by atoms with van der Waals surface area (Å²) >= 11 is 0. The van der Waals surface area contributed by atoms with E-state index in [4.69, 9.17) is 0 Å². The molecule has 2 nitrogen and oxygen atoms in total. The summed E-state index contributed by atoms with van der Waals surface area (Å²) in [6, 6.07) is 0.758. The topological polar surface area (TPSA) is 15.3 Å². The molecule has 2 atom stereocenters. The van der Waals surface area contributed by atoms with Crippen LogP contribution < -0.4 is 5.32 Å². The molecule has 2 fully saturated rings. The molecule has 1 aliphatic carbocycles. The second-order valence-electron chi connectivity index (χ2n) is 6.57. The molecule has 1 heterocycles. The van der Waals surface area contributed by atoms with Crippen molar-refractivity contribution < 1.29 is 0 Å². The van der Waals surface area contributed by atoms with Crippen LogP contribution in [0.15, 0.2) is 0 Å². The molecule has 1 aliphatic heterocycles. The fourth-order valence-corrected chi connectivity index (χ4v) is 3.60. The Bertz CT molecular complexity index is 219. The standard InChI is InChI=1S/C14H28N2/c1-14(2)7-6-13(15-3)12(10-14)11-16-8-4-5-9-16/h12-13,15H,4-11H2,1-3H3. The maximum Gasteiger partial charge on any atom is 0.0105 e. The number of nitrogens with zero attached hydrogens (tertiary/aromatic N) is 1. The molecule has 0 bridgehead atoms. The van der Waals surface area contributed by atoms with E-state index in [0.29, 0.717) is 5.41 Å². The zero-order valence-electron chi connectivity index (χ0n) is 11.3. The Hall–Kier alpha value is -0.0800. The van der Waals surface area contributed by atoms with Crippen LogP contribution in [-0.2, 0) is 0 Å². The van der Waals surface area contributed by atoms with Crippen LogP contribution in [0.3, 0.4) is 0 Å². The van der Waals surface area contributed by atoms with E-state index in [1.165, 1.54) is 51.7 Å². The van der Waals surface area contributed by atoms with E-state index in [2.05, 4.69) is 31.1 Å². The van der Waals surface area contributed by atoms with E-state index in [9.17, 15) is 0 Å². The van der Waals surface area contributed by atoms with Crippen LogP contribution >= 0.6 is 0 Å². The molecule has 0 spiro atoms. The van der Waals surface area contributed by atoms with Crippen LogP contribution in [0, 0.1) is 11.3 Å². The summed E-state index contributed by atoms with van der Waals surface area (Å²) in [6.45, 7) is 8.89. The fourth-order valence-electron chi connectivity index (χ4n) is 3.60. The average Bonchev–Trinajstić information content (AvgIpc) is 2.70. The average molecular weight is 224 g/mol. The van der Waals surface area contributed by atoms with E-state index >= 15 is 0 Å². The van der Waals surface area contributed by atoms with Gasteiger partial charge in [0.1, 0.15) is 0 Å². The molecular weight excluding hydrogens is 196 g/mol. The normalized spacial score (nSPS) is 35.4. The molecule has 2 rings (SSSR count). The Morgan fingerprint density at radius 3 is 2.56 bits per heavy atom. The van der Waals surface area contributed by atoms with Crippen LogP contribution in [0.4, 0.5) is 0 Å². The minimum Gasteiger partial charge on any atom is -0.317 e. The number of rotatable bonds is 3. The van der Waals surface area contributed by atoms with Gasteiger partial charge in [-0.3, -0.25) is 0 Å². The van der Waals surface area contributed by atoms with Crippen LogP contribution in [0.25, 0.3) is 0 Å². The van der Waals surface area contributed by atoms with Crippen molar-refractivity contribution in [3.63, 3.8) is 0 Å². The maximum absolute atomic E-state index is 3.54. The number of hydrogen-bond donors (Lipinski definition) is 1. The van der Waals surface area contributed by atoms with Gasteiger partial charge in [-0.2, -0.15) is 0 Å². The lowest BCUT2D eigenvalue weighted by atomic mass is 9.70. The first-order chi connectivity index (χ1) is 7.61. The van der Waals surface area contributed by atoms with Gasteiger partial charge in [0.25, 0.3) is 0 Å². The maximum atomic E-state index is 3.54. The van der Waals surface area contributed by atoms with E-state index in [1.54, 1.807) is 0 Å². The van der Waals surface area contributed by atoms with E-state index < -0.39 is 0 Å².